The van der Waals surface area contributed by atoms with Crippen LogP contribution in [0.2, 0.25) is 0 Å². The van der Waals surface area contributed by atoms with Crippen LogP contribution in [0.25, 0.3) is 11.0 Å². The Labute approximate surface area is 99.4 Å². The number of rotatable bonds is 2. The highest BCUT2D eigenvalue weighted by Crippen LogP contribution is 2.15. The quantitative estimate of drug-likeness (QED) is 0.734. The zero-order valence-corrected chi connectivity index (χ0v) is 9.75. The van der Waals surface area contributed by atoms with Crippen LogP contribution < -0.4 is 11.0 Å². The number of nitrogens with one attached hydrogen (secondary N) is 3. The third-order valence-electron chi connectivity index (χ3n) is 3.47. The molecule has 1 aliphatic rings. The van der Waals surface area contributed by atoms with Crippen LogP contribution in [0.4, 0.5) is 0 Å². The summed E-state index contributed by atoms with van der Waals surface area (Å²) in [5.74, 6) is 0. The molecule has 1 saturated heterocycles. The van der Waals surface area contributed by atoms with Crippen molar-refractivity contribution in [2.24, 2.45) is 0 Å². The van der Waals surface area contributed by atoms with Crippen molar-refractivity contribution in [2.75, 3.05) is 6.54 Å². The van der Waals surface area contributed by atoms with Gasteiger partial charge in [0.1, 0.15) is 0 Å². The zero-order chi connectivity index (χ0) is 11.7. The predicted molar refractivity (Wildman–Crippen MR) is 68.3 cm³/mol. The molecule has 1 unspecified atom stereocenters. The highest BCUT2D eigenvalue weighted by molar-refractivity contribution is 5.75. The van der Waals surface area contributed by atoms with Gasteiger partial charge in [-0.15, -0.1) is 0 Å². The Kier molecular flexibility index (Phi) is 2.73. The molecule has 0 saturated carbocycles. The highest BCUT2D eigenvalue weighted by atomic mass is 16.1. The van der Waals surface area contributed by atoms with Crippen LogP contribution >= 0.6 is 0 Å². The van der Waals surface area contributed by atoms with Gasteiger partial charge in [0, 0.05) is 6.04 Å². The van der Waals surface area contributed by atoms with Gasteiger partial charge in [0.15, 0.2) is 0 Å². The lowest BCUT2D eigenvalue weighted by Gasteiger charge is -2.23. The lowest BCUT2D eigenvalue weighted by atomic mass is 9.98. The third-order valence-corrected chi connectivity index (χ3v) is 3.47. The molecular formula is C13H17N3O. The summed E-state index contributed by atoms with van der Waals surface area (Å²) in [7, 11) is 0. The summed E-state index contributed by atoms with van der Waals surface area (Å²) in [6.45, 7) is 1.13. The largest absolute Gasteiger partial charge is 0.323 e. The van der Waals surface area contributed by atoms with Gasteiger partial charge in [-0.2, -0.15) is 0 Å². The summed E-state index contributed by atoms with van der Waals surface area (Å²) in [6.07, 6.45) is 4.91. The standard InChI is InChI=1S/C13H17N3O/c17-13-15-11-5-4-9(8-12(11)16-13)7-10-3-1-2-6-14-10/h4-5,8,10,14H,1-3,6-7H2,(H2,15,16,17). The van der Waals surface area contributed by atoms with Crippen molar-refractivity contribution in [3.63, 3.8) is 0 Å². The molecule has 17 heavy (non-hydrogen) atoms. The lowest BCUT2D eigenvalue weighted by molar-refractivity contribution is 0.399. The first-order valence-corrected chi connectivity index (χ1v) is 6.25. The average molecular weight is 231 g/mol. The molecule has 1 fully saturated rings. The van der Waals surface area contributed by atoms with Crippen molar-refractivity contribution in [3.8, 4) is 0 Å². The topological polar surface area (TPSA) is 60.7 Å². The Morgan fingerprint density at radius 2 is 2.06 bits per heavy atom. The molecule has 2 heterocycles. The van der Waals surface area contributed by atoms with E-state index in [2.05, 4.69) is 27.4 Å². The summed E-state index contributed by atoms with van der Waals surface area (Å²) in [6, 6.07) is 6.74. The molecule has 90 valence electrons. The zero-order valence-electron chi connectivity index (χ0n) is 9.75. The molecule has 0 aliphatic carbocycles. The maximum Gasteiger partial charge on any atom is 0.323 e. The van der Waals surface area contributed by atoms with E-state index in [0.717, 1.165) is 24.0 Å². The second-order valence-electron chi connectivity index (χ2n) is 4.81. The van der Waals surface area contributed by atoms with Crippen LogP contribution in [0.1, 0.15) is 24.8 Å². The van der Waals surface area contributed by atoms with Crippen molar-refractivity contribution in [1.82, 2.24) is 15.3 Å². The second-order valence-corrected chi connectivity index (χ2v) is 4.81. The van der Waals surface area contributed by atoms with Crippen molar-refractivity contribution >= 4 is 11.0 Å². The average Bonchev–Trinajstić information content (AvgIpc) is 2.70. The van der Waals surface area contributed by atoms with E-state index >= 15 is 0 Å². The van der Waals surface area contributed by atoms with Crippen molar-refractivity contribution in [3.05, 3.63) is 34.2 Å². The first kappa shape index (κ1) is 10.6. The van der Waals surface area contributed by atoms with Gasteiger partial charge in [0.2, 0.25) is 0 Å². The Bertz CT molecular complexity index is 563. The number of hydrogen-bond acceptors (Lipinski definition) is 2. The Morgan fingerprint density at radius 1 is 1.18 bits per heavy atom. The van der Waals surface area contributed by atoms with E-state index in [4.69, 9.17) is 0 Å². The van der Waals surface area contributed by atoms with Gasteiger partial charge in [0.05, 0.1) is 11.0 Å². The van der Waals surface area contributed by atoms with Crippen molar-refractivity contribution < 1.29 is 0 Å². The number of hydrogen-bond donors (Lipinski definition) is 3. The van der Waals surface area contributed by atoms with Crippen molar-refractivity contribution in [2.45, 2.75) is 31.7 Å². The highest BCUT2D eigenvalue weighted by Gasteiger charge is 2.13. The number of imidazole rings is 1. The third kappa shape index (κ3) is 2.26. The Hall–Kier alpha value is -1.55. The molecular weight excluding hydrogens is 214 g/mol. The summed E-state index contributed by atoms with van der Waals surface area (Å²) in [4.78, 5) is 16.7. The minimum Gasteiger partial charge on any atom is -0.314 e. The van der Waals surface area contributed by atoms with E-state index in [9.17, 15) is 4.79 Å². The van der Waals surface area contributed by atoms with Gasteiger partial charge in [-0.1, -0.05) is 12.5 Å². The fourth-order valence-electron chi connectivity index (χ4n) is 2.59. The van der Waals surface area contributed by atoms with Gasteiger partial charge in [0.25, 0.3) is 0 Å². The Balaban J connectivity index is 1.82. The maximum atomic E-state index is 11.2. The van der Waals surface area contributed by atoms with Gasteiger partial charge >= 0.3 is 5.69 Å². The minimum absolute atomic E-state index is 0.132. The monoisotopic (exact) mass is 231 g/mol. The first-order valence-electron chi connectivity index (χ1n) is 6.25. The van der Waals surface area contributed by atoms with Gasteiger partial charge in [-0.3, -0.25) is 0 Å². The van der Waals surface area contributed by atoms with E-state index in [-0.39, 0.29) is 5.69 Å². The maximum absolute atomic E-state index is 11.2. The van der Waals surface area contributed by atoms with Gasteiger partial charge in [-0.25, -0.2) is 4.79 Å². The van der Waals surface area contributed by atoms with Crippen LogP contribution in [0, 0.1) is 0 Å². The molecule has 1 atom stereocenters. The number of aromatic nitrogens is 2. The number of fused-ring (bicyclic) bond motifs is 1. The van der Waals surface area contributed by atoms with Crippen LogP contribution in [0.5, 0.6) is 0 Å². The summed E-state index contributed by atoms with van der Waals surface area (Å²) < 4.78 is 0. The Morgan fingerprint density at radius 3 is 2.88 bits per heavy atom. The number of benzene rings is 1. The van der Waals surface area contributed by atoms with Crippen LogP contribution in [-0.2, 0) is 6.42 Å². The molecule has 1 aliphatic heterocycles. The molecule has 2 aromatic rings. The summed E-state index contributed by atoms with van der Waals surface area (Å²) in [5.41, 5.74) is 2.94. The summed E-state index contributed by atoms with van der Waals surface area (Å²) in [5, 5.41) is 3.54. The fourth-order valence-corrected chi connectivity index (χ4v) is 2.59. The normalized spacial score (nSPS) is 20.8. The molecule has 0 spiro atoms. The number of aromatic amines is 2. The number of H-pyrrole nitrogens is 2. The molecule has 4 nitrogen and oxygen atoms in total. The molecule has 0 radical (unpaired) electrons. The minimum atomic E-state index is -0.132. The van der Waals surface area contributed by atoms with E-state index in [0.29, 0.717) is 6.04 Å². The molecule has 1 aromatic heterocycles. The fraction of sp³-hybridized carbons (Fsp3) is 0.462. The predicted octanol–water partition coefficient (Wildman–Crippen LogP) is 1.54. The van der Waals surface area contributed by atoms with Crippen molar-refractivity contribution in [1.29, 1.82) is 0 Å². The first-order chi connectivity index (χ1) is 8.31. The lowest BCUT2D eigenvalue weighted by Crippen LogP contribution is -2.35. The van der Waals surface area contributed by atoms with E-state index in [1.165, 1.54) is 24.8 Å². The van der Waals surface area contributed by atoms with Gasteiger partial charge < -0.3 is 15.3 Å². The van der Waals surface area contributed by atoms with Crippen LogP contribution in [-0.4, -0.2) is 22.6 Å². The van der Waals surface area contributed by atoms with E-state index in [1.54, 1.807) is 0 Å². The SMILES string of the molecule is O=c1[nH]c2ccc(CC3CCCCN3)cc2[nH]1. The summed E-state index contributed by atoms with van der Waals surface area (Å²) >= 11 is 0. The van der Waals surface area contributed by atoms with Crippen LogP contribution in [0.3, 0.4) is 0 Å². The van der Waals surface area contributed by atoms with Gasteiger partial charge in [-0.05, 0) is 43.5 Å². The molecule has 3 N–H and O–H groups in total. The molecule has 3 rings (SSSR count). The van der Waals surface area contributed by atoms with Crippen LogP contribution in [0.15, 0.2) is 23.0 Å². The molecule has 4 heteroatoms. The molecule has 0 bridgehead atoms. The molecule has 1 aromatic carbocycles. The smallest absolute Gasteiger partial charge is 0.314 e. The van der Waals surface area contributed by atoms with E-state index in [1.807, 2.05) is 6.07 Å². The second kappa shape index (κ2) is 4.37. The number of piperidine rings is 1. The van der Waals surface area contributed by atoms with E-state index < -0.39 is 0 Å². The molecule has 0 amide bonds.